The van der Waals surface area contributed by atoms with E-state index in [1.54, 1.807) is 0 Å². The van der Waals surface area contributed by atoms with E-state index in [9.17, 15) is 4.39 Å². The van der Waals surface area contributed by atoms with Crippen molar-refractivity contribution in [2.24, 2.45) is 0 Å². The van der Waals surface area contributed by atoms with Gasteiger partial charge in [-0.15, -0.1) is 0 Å². The molecule has 0 atom stereocenters. The molecule has 0 aliphatic carbocycles. The van der Waals surface area contributed by atoms with Gasteiger partial charge in [0.05, 0.1) is 13.3 Å². The summed E-state index contributed by atoms with van der Waals surface area (Å²) >= 11 is 0. The van der Waals surface area contributed by atoms with Crippen LogP contribution in [0.3, 0.4) is 0 Å². The normalized spacial score (nSPS) is 9.00. The summed E-state index contributed by atoms with van der Waals surface area (Å²) in [7, 11) is 0. The topological polar surface area (TPSA) is 20.2 Å². The van der Waals surface area contributed by atoms with Crippen molar-refractivity contribution in [3.05, 3.63) is 6.61 Å². The van der Waals surface area contributed by atoms with Gasteiger partial charge in [0.25, 0.3) is 0 Å². The third-order valence-corrected chi connectivity index (χ3v) is 0.467. The quantitative estimate of drug-likeness (QED) is 0.518. The van der Waals surface area contributed by atoms with E-state index in [4.69, 9.17) is 5.11 Å². The van der Waals surface area contributed by atoms with E-state index in [1.165, 1.54) is 0 Å². The van der Waals surface area contributed by atoms with Gasteiger partial charge in [0.1, 0.15) is 0 Å². The molecule has 0 amide bonds. The molecule has 2 heteroatoms. The second-order valence-electron chi connectivity index (χ2n) is 1.01. The first-order chi connectivity index (χ1) is 2.91. The van der Waals surface area contributed by atoms with E-state index >= 15 is 0 Å². The highest BCUT2D eigenvalue weighted by molar-refractivity contribution is 4.43. The van der Waals surface area contributed by atoms with Gasteiger partial charge in [0.15, 0.2) is 0 Å². The van der Waals surface area contributed by atoms with E-state index in [0.29, 0.717) is 12.8 Å². The predicted octanol–water partition coefficient (Wildman–Crippen LogP) is 1.27. The molecule has 0 saturated carbocycles. The Morgan fingerprint density at radius 2 is 2.33 bits per heavy atom. The molecule has 1 radical (unpaired) electrons. The summed E-state index contributed by atoms with van der Waals surface area (Å²) in [6, 6.07) is 0. The Hall–Kier alpha value is -0.110. The first-order valence-corrected chi connectivity index (χ1v) is 1.93. The number of hydrogen-bond acceptors (Lipinski definition) is 1. The van der Waals surface area contributed by atoms with E-state index in [-0.39, 0.29) is 6.67 Å². The van der Waals surface area contributed by atoms with Crippen LogP contribution in [0.4, 0.5) is 4.39 Å². The summed E-state index contributed by atoms with van der Waals surface area (Å²) in [6.45, 7) is 0.636. The first-order valence-electron chi connectivity index (χ1n) is 1.93. The molecule has 0 spiro atoms. The molecule has 0 fully saturated rings. The summed E-state index contributed by atoms with van der Waals surface area (Å²) in [5.41, 5.74) is 0. The van der Waals surface area contributed by atoms with Gasteiger partial charge in [-0.1, -0.05) is 0 Å². The van der Waals surface area contributed by atoms with Crippen LogP contribution in [0.25, 0.3) is 0 Å². The van der Waals surface area contributed by atoms with Crippen LogP contribution in [0.15, 0.2) is 0 Å². The van der Waals surface area contributed by atoms with Gasteiger partial charge in [0.2, 0.25) is 0 Å². The lowest BCUT2D eigenvalue weighted by Crippen LogP contribution is -1.75. The molecular weight excluding hydrogens is 83.0 g/mol. The zero-order valence-electron chi connectivity index (χ0n) is 3.52. The SMILES string of the molecule is O[CH]CCCF. The Morgan fingerprint density at radius 3 is 2.50 bits per heavy atom. The fourth-order valence-electron chi connectivity index (χ4n) is 0.168. The fourth-order valence-corrected chi connectivity index (χ4v) is 0.168. The highest BCUT2D eigenvalue weighted by atomic mass is 19.1. The van der Waals surface area contributed by atoms with E-state index in [1.807, 2.05) is 0 Å². The molecule has 0 aliphatic heterocycles. The van der Waals surface area contributed by atoms with Crippen LogP contribution in [0.2, 0.25) is 0 Å². The molecule has 37 valence electrons. The lowest BCUT2D eigenvalue weighted by atomic mass is 10.4. The summed E-state index contributed by atoms with van der Waals surface area (Å²) < 4.78 is 11.0. The second-order valence-corrected chi connectivity index (χ2v) is 1.01. The molecule has 6 heavy (non-hydrogen) atoms. The molecular formula is C4H8FO. The van der Waals surface area contributed by atoms with Crippen LogP contribution in [0, 0.1) is 6.61 Å². The van der Waals surface area contributed by atoms with E-state index < -0.39 is 0 Å². The molecule has 0 saturated heterocycles. The molecule has 0 rings (SSSR count). The number of halogens is 1. The largest absolute Gasteiger partial charge is 0.390 e. The number of aliphatic hydroxyl groups excluding tert-OH is 1. The van der Waals surface area contributed by atoms with Crippen molar-refractivity contribution in [2.45, 2.75) is 12.8 Å². The number of rotatable bonds is 3. The van der Waals surface area contributed by atoms with Gasteiger partial charge in [-0.25, -0.2) is 0 Å². The standard InChI is InChI=1S/C4H8FO/c5-3-1-2-4-6/h4,6H,1-3H2. The molecule has 0 aromatic heterocycles. The van der Waals surface area contributed by atoms with Crippen LogP contribution >= 0.6 is 0 Å². The van der Waals surface area contributed by atoms with Crippen LogP contribution in [0.5, 0.6) is 0 Å². The third-order valence-electron chi connectivity index (χ3n) is 0.467. The van der Waals surface area contributed by atoms with Gasteiger partial charge >= 0.3 is 0 Å². The maximum absolute atomic E-state index is 11.0. The van der Waals surface area contributed by atoms with Crippen LogP contribution in [-0.4, -0.2) is 11.8 Å². The summed E-state index contributed by atoms with van der Waals surface area (Å²) in [6.07, 6.45) is 0.910. The predicted molar refractivity (Wildman–Crippen MR) is 21.4 cm³/mol. The monoisotopic (exact) mass is 91.1 g/mol. The van der Waals surface area contributed by atoms with Gasteiger partial charge < -0.3 is 5.11 Å². The smallest absolute Gasteiger partial charge is 0.0895 e. The molecule has 0 unspecified atom stereocenters. The average Bonchev–Trinajstić information content (AvgIpc) is 1.61. The van der Waals surface area contributed by atoms with Crippen molar-refractivity contribution in [2.75, 3.05) is 6.67 Å². The van der Waals surface area contributed by atoms with Gasteiger partial charge in [0, 0.05) is 0 Å². The Labute approximate surface area is 36.8 Å². The maximum atomic E-state index is 11.0. The maximum Gasteiger partial charge on any atom is 0.0895 e. The van der Waals surface area contributed by atoms with Crippen molar-refractivity contribution in [3.8, 4) is 0 Å². The van der Waals surface area contributed by atoms with Crippen molar-refractivity contribution in [1.82, 2.24) is 0 Å². The second kappa shape index (κ2) is 4.89. The zero-order chi connectivity index (χ0) is 4.83. The number of hydrogen-bond donors (Lipinski definition) is 1. The Kier molecular flexibility index (Phi) is 4.80. The zero-order valence-corrected chi connectivity index (χ0v) is 3.52. The van der Waals surface area contributed by atoms with Crippen molar-refractivity contribution >= 4 is 0 Å². The number of unbranched alkanes of at least 4 members (excludes halogenated alkanes) is 1. The first kappa shape index (κ1) is 5.89. The Bertz CT molecular complexity index is 19.5. The molecule has 0 bridgehead atoms. The van der Waals surface area contributed by atoms with Crippen molar-refractivity contribution in [1.29, 1.82) is 0 Å². The lowest BCUT2D eigenvalue weighted by Gasteiger charge is -1.83. The molecule has 0 aromatic rings. The van der Waals surface area contributed by atoms with Gasteiger partial charge in [-0.05, 0) is 12.8 Å². The van der Waals surface area contributed by atoms with Crippen LogP contribution in [0.1, 0.15) is 12.8 Å². The average molecular weight is 91.1 g/mol. The summed E-state index contributed by atoms with van der Waals surface area (Å²) in [5, 5.41) is 7.91. The summed E-state index contributed by atoms with van der Waals surface area (Å²) in [4.78, 5) is 0. The van der Waals surface area contributed by atoms with Crippen LogP contribution < -0.4 is 0 Å². The minimum absolute atomic E-state index is 0.336. The molecule has 1 N–H and O–H groups in total. The van der Waals surface area contributed by atoms with E-state index in [2.05, 4.69) is 0 Å². The highest BCUT2D eigenvalue weighted by Crippen LogP contribution is 1.88. The molecule has 0 aromatic carbocycles. The fraction of sp³-hybridized carbons (Fsp3) is 0.750. The van der Waals surface area contributed by atoms with Crippen molar-refractivity contribution in [3.63, 3.8) is 0 Å². The minimum atomic E-state index is -0.336. The van der Waals surface area contributed by atoms with Gasteiger partial charge in [-0.2, -0.15) is 0 Å². The highest BCUT2D eigenvalue weighted by Gasteiger charge is 1.79. The summed E-state index contributed by atoms with van der Waals surface area (Å²) in [5.74, 6) is 0. The number of alkyl halides is 1. The molecule has 0 aliphatic rings. The Balaban J connectivity index is 2.34. The van der Waals surface area contributed by atoms with Gasteiger partial charge in [-0.3, -0.25) is 4.39 Å². The van der Waals surface area contributed by atoms with E-state index in [0.717, 1.165) is 6.61 Å². The Morgan fingerprint density at radius 1 is 1.67 bits per heavy atom. The van der Waals surface area contributed by atoms with Crippen molar-refractivity contribution < 1.29 is 9.50 Å². The lowest BCUT2D eigenvalue weighted by molar-refractivity contribution is 0.355. The molecule has 0 heterocycles. The molecule has 1 nitrogen and oxygen atoms in total. The third kappa shape index (κ3) is 3.89. The minimum Gasteiger partial charge on any atom is -0.390 e. The number of aliphatic hydroxyl groups is 1. The van der Waals surface area contributed by atoms with Crippen LogP contribution in [-0.2, 0) is 0 Å².